The standard InChI is InChI=1S/C22H28N4O2.ClH/c23-16-22(12-5-2-6-13-22)15-20(27)24-18-10-7-11-19(14-18)26-21(28)25-17-8-3-1-4-9-17;/h1,3-4,7-11,14H,2,5-6,12-13,15-16,23H2,(H,24,27)(H2,25,26,28);1H. The van der Waals surface area contributed by atoms with E-state index >= 15 is 0 Å². The normalized spacial score (nSPS) is 14.9. The fraction of sp³-hybridized carbons (Fsp3) is 0.364. The Morgan fingerprint density at radius 3 is 2.07 bits per heavy atom. The molecule has 7 heteroatoms. The molecule has 0 unspecified atom stereocenters. The van der Waals surface area contributed by atoms with Crippen molar-refractivity contribution in [2.24, 2.45) is 11.1 Å². The molecule has 2 aromatic carbocycles. The first-order valence-corrected chi connectivity index (χ1v) is 9.82. The van der Waals surface area contributed by atoms with Gasteiger partial charge in [-0.25, -0.2) is 4.79 Å². The number of hydrogen-bond acceptors (Lipinski definition) is 3. The molecule has 0 aliphatic heterocycles. The van der Waals surface area contributed by atoms with Gasteiger partial charge < -0.3 is 21.7 Å². The minimum Gasteiger partial charge on any atom is -0.330 e. The highest BCUT2D eigenvalue weighted by Crippen LogP contribution is 2.38. The lowest BCUT2D eigenvalue weighted by molar-refractivity contribution is -0.118. The van der Waals surface area contributed by atoms with Crippen LogP contribution in [0.2, 0.25) is 0 Å². The van der Waals surface area contributed by atoms with Gasteiger partial charge in [0, 0.05) is 23.5 Å². The monoisotopic (exact) mass is 416 g/mol. The number of halogens is 1. The summed E-state index contributed by atoms with van der Waals surface area (Å²) in [6.45, 7) is 0.543. The smallest absolute Gasteiger partial charge is 0.323 e. The Morgan fingerprint density at radius 1 is 0.828 bits per heavy atom. The molecule has 0 atom stereocenters. The molecule has 29 heavy (non-hydrogen) atoms. The van der Waals surface area contributed by atoms with Gasteiger partial charge in [-0.3, -0.25) is 4.79 Å². The molecule has 156 valence electrons. The van der Waals surface area contributed by atoms with Crippen molar-refractivity contribution < 1.29 is 9.59 Å². The maximum atomic E-state index is 12.6. The fourth-order valence-corrected chi connectivity index (χ4v) is 3.79. The number of rotatable bonds is 6. The highest BCUT2D eigenvalue weighted by molar-refractivity contribution is 6.00. The third kappa shape index (κ3) is 6.76. The summed E-state index contributed by atoms with van der Waals surface area (Å²) in [5, 5.41) is 8.49. The Hall–Kier alpha value is -2.57. The molecule has 2 aromatic rings. The number of amides is 3. The van der Waals surface area contributed by atoms with Crippen LogP contribution in [0.1, 0.15) is 38.5 Å². The number of carbonyl (C=O) groups excluding carboxylic acids is 2. The van der Waals surface area contributed by atoms with Crippen molar-refractivity contribution in [2.75, 3.05) is 22.5 Å². The number of anilines is 3. The van der Waals surface area contributed by atoms with Crippen LogP contribution in [0.3, 0.4) is 0 Å². The maximum Gasteiger partial charge on any atom is 0.323 e. The SMILES string of the molecule is Cl.NCC1(CC(=O)Nc2cccc(NC(=O)Nc3ccccc3)c2)CCCCC1. The van der Waals surface area contributed by atoms with Crippen LogP contribution in [-0.4, -0.2) is 18.5 Å². The zero-order valence-corrected chi connectivity index (χ0v) is 17.3. The third-order valence-corrected chi connectivity index (χ3v) is 5.32. The van der Waals surface area contributed by atoms with E-state index in [-0.39, 0.29) is 29.8 Å². The molecule has 6 nitrogen and oxygen atoms in total. The summed E-state index contributed by atoms with van der Waals surface area (Å²) < 4.78 is 0. The van der Waals surface area contributed by atoms with E-state index in [9.17, 15) is 9.59 Å². The van der Waals surface area contributed by atoms with Crippen LogP contribution in [0, 0.1) is 5.41 Å². The van der Waals surface area contributed by atoms with Crippen molar-refractivity contribution >= 4 is 41.4 Å². The van der Waals surface area contributed by atoms with Gasteiger partial charge in [0.15, 0.2) is 0 Å². The zero-order valence-electron chi connectivity index (χ0n) is 16.4. The van der Waals surface area contributed by atoms with Gasteiger partial charge in [0.2, 0.25) is 5.91 Å². The predicted molar refractivity (Wildman–Crippen MR) is 121 cm³/mol. The molecule has 1 saturated carbocycles. The number of nitrogens with one attached hydrogen (secondary N) is 3. The Morgan fingerprint density at radius 2 is 1.41 bits per heavy atom. The average Bonchev–Trinajstić information content (AvgIpc) is 2.69. The molecule has 0 spiro atoms. The van der Waals surface area contributed by atoms with Gasteiger partial charge in [0.25, 0.3) is 0 Å². The second kappa shape index (κ2) is 10.8. The van der Waals surface area contributed by atoms with Crippen molar-refractivity contribution in [2.45, 2.75) is 38.5 Å². The first kappa shape index (κ1) is 22.7. The van der Waals surface area contributed by atoms with Crippen LogP contribution in [0.4, 0.5) is 21.9 Å². The van der Waals surface area contributed by atoms with Gasteiger partial charge in [-0.15, -0.1) is 12.4 Å². The van der Waals surface area contributed by atoms with Gasteiger partial charge in [-0.05, 0) is 55.1 Å². The Labute approximate surface area is 178 Å². The highest BCUT2D eigenvalue weighted by Gasteiger charge is 2.32. The second-order valence-corrected chi connectivity index (χ2v) is 7.52. The van der Waals surface area contributed by atoms with Gasteiger partial charge in [-0.1, -0.05) is 43.5 Å². The van der Waals surface area contributed by atoms with Gasteiger partial charge in [0.1, 0.15) is 0 Å². The minimum atomic E-state index is -0.334. The molecule has 3 amide bonds. The molecule has 0 saturated heterocycles. The number of benzene rings is 2. The molecule has 0 bridgehead atoms. The maximum absolute atomic E-state index is 12.6. The summed E-state index contributed by atoms with van der Waals surface area (Å²) in [4.78, 5) is 24.7. The van der Waals surface area contributed by atoms with Crippen LogP contribution in [0.5, 0.6) is 0 Å². The molecule has 0 radical (unpaired) electrons. The van der Waals surface area contributed by atoms with Gasteiger partial charge >= 0.3 is 6.03 Å². The average molecular weight is 417 g/mol. The minimum absolute atomic E-state index is 0. The lowest BCUT2D eigenvalue weighted by atomic mass is 9.71. The molecule has 0 aromatic heterocycles. The van der Waals surface area contributed by atoms with Crippen LogP contribution < -0.4 is 21.7 Å². The number of nitrogens with two attached hydrogens (primary N) is 1. The topological polar surface area (TPSA) is 96.2 Å². The van der Waals surface area contributed by atoms with Gasteiger partial charge in [0.05, 0.1) is 0 Å². The van der Waals surface area contributed by atoms with E-state index in [1.807, 2.05) is 36.4 Å². The van der Waals surface area contributed by atoms with E-state index in [0.717, 1.165) is 25.7 Å². The molecule has 5 N–H and O–H groups in total. The van der Waals surface area contributed by atoms with Crippen molar-refractivity contribution in [3.63, 3.8) is 0 Å². The van der Waals surface area contributed by atoms with E-state index in [1.165, 1.54) is 6.42 Å². The Bertz CT molecular complexity index is 807. The molecule has 1 aliphatic carbocycles. The summed E-state index contributed by atoms with van der Waals surface area (Å²) in [6, 6.07) is 16.0. The summed E-state index contributed by atoms with van der Waals surface area (Å²) in [5.41, 5.74) is 7.89. The van der Waals surface area contributed by atoms with Crippen LogP contribution in [-0.2, 0) is 4.79 Å². The summed E-state index contributed by atoms with van der Waals surface area (Å²) in [5.74, 6) is -0.0294. The quantitative estimate of drug-likeness (QED) is 0.534. The van der Waals surface area contributed by atoms with E-state index < -0.39 is 0 Å². The first-order chi connectivity index (χ1) is 13.6. The lowest BCUT2D eigenvalue weighted by Crippen LogP contribution is -2.36. The van der Waals surface area contributed by atoms with Crippen molar-refractivity contribution in [3.8, 4) is 0 Å². The highest BCUT2D eigenvalue weighted by atomic mass is 35.5. The van der Waals surface area contributed by atoms with Crippen LogP contribution in [0.15, 0.2) is 54.6 Å². The van der Waals surface area contributed by atoms with Crippen LogP contribution in [0.25, 0.3) is 0 Å². The van der Waals surface area contributed by atoms with Crippen molar-refractivity contribution in [1.29, 1.82) is 0 Å². The fourth-order valence-electron chi connectivity index (χ4n) is 3.79. The molecular weight excluding hydrogens is 388 g/mol. The van der Waals surface area contributed by atoms with Gasteiger partial charge in [-0.2, -0.15) is 0 Å². The number of carbonyl (C=O) groups is 2. The predicted octanol–water partition coefficient (Wildman–Crippen LogP) is 4.99. The summed E-state index contributed by atoms with van der Waals surface area (Å²) in [7, 11) is 0. The van der Waals surface area contributed by atoms with Crippen LogP contribution >= 0.6 is 12.4 Å². The Kier molecular flexibility index (Phi) is 8.49. The zero-order chi connectivity index (χ0) is 19.8. The molecule has 1 aliphatic rings. The Balaban J connectivity index is 0.00000300. The second-order valence-electron chi connectivity index (χ2n) is 7.52. The summed E-state index contributed by atoms with van der Waals surface area (Å²) >= 11 is 0. The van der Waals surface area contributed by atoms with E-state index in [1.54, 1.807) is 18.2 Å². The number of hydrogen-bond donors (Lipinski definition) is 4. The van der Waals surface area contributed by atoms with E-state index in [4.69, 9.17) is 5.73 Å². The molecular formula is C22H29ClN4O2. The van der Waals surface area contributed by atoms with Crippen molar-refractivity contribution in [3.05, 3.63) is 54.6 Å². The molecule has 0 heterocycles. The molecule has 3 rings (SSSR count). The lowest BCUT2D eigenvalue weighted by Gasteiger charge is -2.35. The van der Waals surface area contributed by atoms with E-state index in [2.05, 4.69) is 16.0 Å². The van der Waals surface area contributed by atoms with E-state index in [0.29, 0.717) is 30.0 Å². The molecule has 1 fully saturated rings. The summed E-state index contributed by atoms with van der Waals surface area (Å²) in [6.07, 6.45) is 5.97. The number of urea groups is 1. The van der Waals surface area contributed by atoms with Crippen molar-refractivity contribution in [1.82, 2.24) is 0 Å². The first-order valence-electron chi connectivity index (χ1n) is 9.82. The third-order valence-electron chi connectivity index (χ3n) is 5.32. The largest absolute Gasteiger partial charge is 0.330 e. The number of para-hydroxylation sites is 1.